The zero-order valence-electron chi connectivity index (χ0n) is 16.9. The Hall–Kier alpha value is -3.47. The first-order chi connectivity index (χ1) is 14.7. The highest BCUT2D eigenvalue weighted by Crippen LogP contribution is 2.44. The standard InChI is InChI=1S/C25H24N2O3/c1-26-17-10-11-24-16(12-17)13-18(30-24)14-27-25(28)29-15-23-21-8-4-2-6-19(21)20-7-3-5-9-22(20)23/h2-12,18,23,26H,13-15H2,1H3,(H,27,28). The predicted molar refractivity (Wildman–Crippen MR) is 117 cm³/mol. The minimum absolute atomic E-state index is 0.0649. The Balaban J connectivity index is 1.18. The highest BCUT2D eigenvalue weighted by atomic mass is 16.5. The predicted octanol–water partition coefficient (Wildman–Crippen LogP) is 4.57. The topological polar surface area (TPSA) is 59.6 Å². The smallest absolute Gasteiger partial charge is 0.407 e. The lowest BCUT2D eigenvalue weighted by Crippen LogP contribution is -2.35. The van der Waals surface area contributed by atoms with Gasteiger partial charge >= 0.3 is 6.09 Å². The molecule has 1 unspecified atom stereocenters. The molecule has 0 bridgehead atoms. The third-order valence-corrected chi connectivity index (χ3v) is 5.91. The van der Waals surface area contributed by atoms with Crippen LogP contribution in [-0.4, -0.2) is 32.4 Å². The lowest BCUT2D eigenvalue weighted by atomic mass is 9.98. The first-order valence-electron chi connectivity index (χ1n) is 10.3. The summed E-state index contributed by atoms with van der Waals surface area (Å²) in [5.74, 6) is 0.948. The molecule has 5 nitrogen and oxygen atoms in total. The number of rotatable bonds is 5. The third kappa shape index (κ3) is 3.36. The van der Waals surface area contributed by atoms with Crippen molar-refractivity contribution in [2.75, 3.05) is 25.5 Å². The van der Waals surface area contributed by atoms with Gasteiger partial charge in [-0.25, -0.2) is 4.79 Å². The molecule has 30 heavy (non-hydrogen) atoms. The number of fused-ring (bicyclic) bond motifs is 4. The lowest BCUT2D eigenvalue weighted by Gasteiger charge is -2.16. The van der Waals surface area contributed by atoms with E-state index >= 15 is 0 Å². The van der Waals surface area contributed by atoms with E-state index in [9.17, 15) is 4.79 Å². The molecule has 2 aliphatic rings. The summed E-state index contributed by atoms with van der Waals surface area (Å²) in [6.45, 7) is 0.734. The molecule has 5 rings (SSSR count). The molecule has 1 heterocycles. The number of hydrogen-bond donors (Lipinski definition) is 2. The molecule has 3 aromatic carbocycles. The second-order valence-electron chi connectivity index (χ2n) is 7.72. The third-order valence-electron chi connectivity index (χ3n) is 5.91. The van der Waals surface area contributed by atoms with E-state index in [-0.39, 0.29) is 12.0 Å². The molecule has 1 aliphatic carbocycles. The van der Waals surface area contributed by atoms with Gasteiger partial charge in [-0.1, -0.05) is 48.5 Å². The minimum Gasteiger partial charge on any atom is -0.488 e. The summed E-state index contributed by atoms with van der Waals surface area (Å²) in [6, 6.07) is 22.7. The largest absolute Gasteiger partial charge is 0.488 e. The second-order valence-corrected chi connectivity index (χ2v) is 7.72. The average Bonchev–Trinajstić information content (AvgIpc) is 3.34. The Morgan fingerprint density at radius 2 is 1.73 bits per heavy atom. The summed E-state index contributed by atoms with van der Waals surface area (Å²) in [6.07, 6.45) is 0.286. The lowest BCUT2D eigenvalue weighted by molar-refractivity contribution is 0.136. The van der Waals surface area contributed by atoms with Crippen LogP contribution in [-0.2, 0) is 11.2 Å². The summed E-state index contributed by atoms with van der Waals surface area (Å²) in [5.41, 5.74) is 7.08. The summed E-state index contributed by atoms with van der Waals surface area (Å²) >= 11 is 0. The number of carbonyl (C=O) groups is 1. The number of carbonyl (C=O) groups excluding carboxylic acids is 1. The molecule has 0 saturated heterocycles. The maximum absolute atomic E-state index is 12.4. The Morgan fingerprint density at radius 1 is 1.03 bits per heavy atom. The van der Waals surface area contributed by atoms with E-state index in [0.29, 0.717) is 13.2 Å². The van der Waals surface area contributed by atoms with Crippen molar-refractivity contribution in [3.05, 3.63) is 83.4 Å². The van der Waals surface area contributed by atoms with Crippen LogP contribution in [0.15, 0.2) is 66.7 Å². The van der Waals surface area contributed by atoms with Crippen molar-refractivity contribution in [1.29, 1.82) is 0 Å². The zero-order chi connectivity index (χ0) is 20.5. The van der Waals surface area contributed by atoms with Crippen molar-refractivity contribution in [1.82, 2.24) is 5.32 Å². The van der Waals surface area contributed by atoms with Crippen molar-refractivity contribution >= 4 is 11.8 Å². The first-order valence-corrected chi connectivity index (χ1v) is 10.3. The van der Waals surface area contributed by atoms with Gasteiger partial charge in [-0.3, -0.25) is 0 Å². The van der Waals surface area contributed by atoms with Gasteiger partial charge in [0.2, 0.25) is 0 Å². The molecule has 1 atom stereocenters. The van der Waals surface area contributed by atoms with Crippen LogP contribution >= 0.6 is 0 Å². The molecule has 0 aromatic heterocycles. The van der Waals surface area contributed by atoms with Crippen LogP contribution in [0.3, 0.4) is 0 Å². The van der Waals surface area contributed by atoms with Gasteiger partial charge in [-0.2, -0.15) is 0 Å². The highest BCUT2D eigenvalue weighted by Gasteiger charge is 2.29. The van der Waals surface area contributed by atoms with Gasteiger partial charge < -0.3 is 20.1 Å². The Kier molecular flexibility index (Phi) is 4.79. The van der Waals surface area contributed by atoms with Crippen LogP contribution in [0.25, 0.3) is 11.1 Å². The quantitative estimate of drug-likeness (QED) is 0.659. The fraction of sp³-hybridized carbons (Fsp3) is 0.240. The van der Waals surface area contributed by atoms with Gasteiger partial charge in [0.1, 0.15) is 18.5 Å². The molecule has 5 heteroatoms. The van der Waals surface area contributed by atoms with Crippen molar-refractivity contribution in [3.8, 4) is 16.9 Å². The van der Waals surface area contributed by atoms with Crippen LogP contribution in [0.5, 0.6) is 5.75 Å². The Labute approximate surface area is 176 Å². The summed E-state index contributed by atoms with van der Waals surface area (Å²) in [5, 5.41) is 5.99. The number of benzene rings is 3. The van der Waals surface area contributed by atoms with Crippen LogP contribution in [0, 0.1) is 0 Å². The maximum atomic E-state index is 12.4. The number of nitrogens with one attached hydrogen (secondary N) is 2. The molecule has 0 spiro atoms. The molecule has 0 saturated carbocycles. The minimum atomic E-state index is -0.410. The van der Waals surface area contributed by atoms with E-state index in [1.807, 2.05) is 43.4 Å². The van der Waals surface area contributed by atoms with Gasteiger partial charge in [0.05, 0.1) is 6.54 Å². The maximum Gasteiger partial charge on any atom is 0.407 e. The molecule has 1 amide bonds. The van der Waals surface area contributed by atoms with Crippen LogP contribution in [0.1, 0.15) is 22.6 Å². The molecule has 1 aliphatic heterocycles. The SMILES string of the molecule is CNc1ccc2c(c1)CC(CNC(=O)OCC1c3ccccc3-c3ccccc31)O2. The molecule has 3 aromatic rings. The van der Waals surface area contributed by atoms with Crippen LogP contribution in [0.2, 0.25) is 0 Å². The van der Waals surface area contributed by atoms with Crippen molar-refractivity contribution in [2.24, 2.45) is 0 Å². The number of ether oxygens (including phenoxy) is 2. The fourth-order valence-electron chi connectivity index (χ4n) is 4.44. The van der Waals surface area contributed by atoms with Crippen LogP contribution in [0.4, 0.5) is 10.5 Å². The Morgan fingerprint density at radius 3 is 2.43 bits per heavy atom. The Bertz CT molecular complexity index is 1050. The van der Waals surface area contributed by atoms with Gasteiger partial charge in [0, 0.05) is 25.1 Å². The van der Waals surface area contributed by atoms with E-state index < -0.39 is 6.09 Å². The monoisotopic (exact) mass is 400 g/mol. The molecule has 2 N–H and O–H groups in total. The normalized spacial score (nSPS) is 16.2. The number of anilines is 1. The number of hydrogen-bond acceptors (Lipinski definition) is 4. The molecular weight excluding hydrogens is 376 g/mol. The summed E-state index contributed by atoms with van der Waals surface area (Å²) in [4.78, 5) is 12.4. The number of amides is 1. The van der Waals surface area contributed by atoms with Crippen molar-refractivity contribution in [3.63, 3.8) is 0 Å². The first kappa shape index (κ1) is 18.6. The second kappa shape index (κ2) is 7.75. The van der Waals surface area contributed by atoms with Gasteiger partial charge in [0.15, 0.2) is 0 Å². The van der Waals surface area contributed by atoms with Gasteiger partial charge in [-0.15, -0.1) is 0 Å². The molecule has 152 valence electrons. The van der Waals surface area contributed by atoms with Gasteiger partial charge in [0.25, 0.3) is 0 Å². The van der Waals surface area contributed by atoms with E-state index in [4.69, 9.17) is 9.47 Å². The van der Waals surface area contributed by atoms with E-state index in [1.165, 1.54) is 22.3 Å². The molecule has 0 radical (unpaired) electrons. The summed E-state index contributed by atoms with van der Waals surface area (Å²) < 4.78 is 11.5. The van der Waals surface area contributed by atoms with Crippen LogP contribution < -0.4 is 15.4 Å². The zero-order valence-corrected chi connectivity index (χ0v) is 16.9. The molecular formula is C25H24N2O3. The van der Waals surface area contributed by atoms with E-state index in [2.05, 4.69) is 41.0 Å². The van der Waals surface area contributed by atoms with E-state index in [1.54, 1.807) is 0 Å². The van der Waals surface area contributed by atoms with Crippen molar-refractivity contribution in [2.45, 2.75) is 18.4 Å². The average molecular weight is 400 g/mol. The van der Waals surface area contributed by atoms with E-state index in [0.717, 1.165) is 23.4 Å². The highest BCUT2D eigenvalue weighted by molar-refractivity contribution is 5.79. The fourth-order valence-corrected chi connectivity index (χ4v) is 4.44. The van der Waals surface area contributed by atoms with Crippen molar-refractivity contribution < 1.29 is 14.3 Å². The van der Waals surface area contributed by atoms with Gasteiger partial charge in [-0.05, 0) is 46.0 Å². The molecule has 0 fully saturated rings. The number of alkyl carbamates (subject to hydrolysis) is 1. The summed E-state index contributed by atoms with van der Waals surface area (Å²) in [7, 11) is 1.90.